The minimum atomic E-state index is -0.478. The van der Waals surface area contributed by atoms with E-state index in [1.807, 2.05) is 58.9 Å². The number of amides is 2. The van der Waals surface area contributed by atoms with Gasteiger partial charge in [-0.15, -0.1) is 0 Å². The molecule has 130 valence electrons. The molecule has 5 nitrogen and oxygen atoms in total. The molecule has 0 saturated heterocycles. The number of benzene rings is 1. The van der Waals surface area contributed by atoms with E-state index in [9.17, 15) is 9.90 Å². The highest BCUT2D eigenvalue weighted by atomic mass is 16.5. The summed E-state index contributed by atoms with van der Waals surface area (Å²) in [7, 11) is 1.65. The van der Waals surface area contributed by atoms with Crippen LogP contribution in [0.5, 0.6) is 0 Å². The van der Waals surface area contributed by atoms with Crippen molar-refractivity contribution in [3.05, 3.63) is 29.8 Å². The van der Waals surface area contributed by atoms with Crippen LogP contribution in [0.4, 0.5) is 10.5 Å². The van der Waals surface area contributed by atoms with Crippen LogP contribution in [0.1, 0.15) is 46.3 Å². The highest BCUT2D eigenvalue weighted by Crippen LogP contribution is 2.25. The molecule has 0 heterocycles. The smallest absolute Gasteiger partial charge is 0.319 e. The number of aliphatic hydroxyl groups excluding tert-OH is 1. The topological polar surface area (TPSA) is 70.6 Å². The van der Waals surface area contributed by atoms with E-state index in [-0.39, 0.29) is 18.1 Å². The van der Waals surface area contributed by atoms with Gasteiger partial charge in [0.05, 0.1) is 12.2 Å². The normalized spacial score (nSPS) is 14.4. The number of hydrogen-bond acceptors (Lipinski definition) is 3. The van der Waals surface area contributed by atoms with Gasteiger partial charge in [-0.2, -0.15) is 0 Å². The maximum atomic E-state index is 12.1. The molecule has 1 rings (SSSR count). The first-order chi connectivity index (χ1) is 10.7. The Morgan fingerprint density at radius 3 is 2.52 bits per heavy atom. The van der Waals surface area contributed by atoms with Crippen LogP contribution >= 0.6 is 0 Å². The van der Waals surface area contributed by atoms with E-state index in [2.05, 4.69) is 10.6 Å². The first-order valence-electron chi connectivity index (χ1n) is 8.03. The van der Waals surface area contributed by atoms with Gasteiger partial charge in [0.2, 0.25) is 0 Å². The number of methoxy groups -OCH3 is 1. The zero-order chi connectivity index (χ0) is 17.6. The predicted octanol–water partition coefficient (Wildman–Crippen LogP) is 3.56. The SMILES string of the molecule is COC(C)c1cccc(NC(=O)NCC(C)(C)C(O)C(C)C)c1. The van der Waals surface area contributed by atoms with E-state index in [0.29, 0.717) is 12.2 Å². The quantitative estimate of drug-likeness (QED) is 0.719. The maximum Gasteiger partial charge on any atom is 0.319 e. The average molecular weight is 322 g/mol. The first-order valence-corrected chi connectivity index (χ1v) is 8.03. The minimum absolute atomic E-state index is 0.0278. The summed E-state index contributed by atoms with van der Waals surface area (Å²) in [5.41, 5.74) is 1.32. The summed E-state index contributed by atoms with van der Waals surface area (Å²) in [5, 5.41) is 15.8. The van der Waals surface area contributed by atoms with Crippen molar-refractivity contribution in [2.45, 2.75) is 46.8 Å². The van der Waals surface area contributed by atoms with Crippen molar-refractivity contribution in [2.75, 3.05) is 19.0 Å². The van der Waals surface area contributed by atoms with Crippen molar-refractivity contribution in [3.63, 3.8) is 0 Å². The fraction of sp³-hybridized carbons (Fsp3) is 0.611. The van der Waals surface area contributed by atoms with Gasteiger partial charge in [-0.25, -0.2) is 4.79 Å². The van der Waals surface area contributed by atoms with Crippen LogP contribution in [0.15, 0.2) is 24.3 Å². The zero-order valence-corrected chi connectivity index (χ0v) is 15.0. The van der Waals surface area contributed by atoms with Gasteiger partial charge in [0.15, 0.2) is 0 Å². The van der Waals surface area contributed by atoms with Crippen molar-refractivity contribution in [1.82, 2.24) is 5.32 Å². The maximum absolute atomic E-state index is 12.1. The fourth-order valence-corrected chi connectivity index (χ4v) is 2.50. The summed E-state index contributed by atoms with van der Waals surface area (Å²) >= 11 is 0. The van der Waals surface area contributed by atoms with Gasteiger partial charge in [0.25, 0.3) is 0 Å². The third kappa shape index (κ3) is 5.84. The molecule has 0 aliphatic heterocycles. The fourth-order valence-electron chi connectivity index (χ4n) is 2.50. The highest BCUT2D eigenvalue weighted by molar-refractivity contribution is 5.89. The van der Waals surface area contributed by atoms with Gasteiger partial charge in [-0.3, -0.25) is 0 Å². The summed E-state index contributed by atoms with van der Waals surface area (Å²) in [6, 6.07) is 7.28. The average Bonchev–Trinajstić information content (AvgIpc) is 2.51. The summed E-state index contributed by atoms with van der Waals surface area (Å²) in [4.78, 5) is 12.1. The largest absolute Gasteiger partial charge is 0.392 e. The lowest BCUT2D eigenvalue weighted by Crippen LogP contribution is -2.44. The van der Waals surface area contributed by atoms with Crippen molar-refractivity contribution in [1.29, 1.82) is 0 Å². The Morgan fingerprint density at radius 1 is 1.30 bits per heavy atom. The lowest BCUT2D eigenvalue weighted by molar-refractivity contribution is 0.0154. The van der Waals surface area contributed by atoms with E-state index in [1.54, 1.807) is 7.11 Å². The molecule has 0 aliphatic carbocycles. The van der Waals surface area contributed by atoms with Crippen LogP contribution in [0.25, 0.3) is 0 Å². The first kappa shape index (κ1) is 19.5. The number of aliphatic hydroxyl groups is 1. The number of hydrogen-bond donors (Lipinski definition) is 3. The number of urea groups is 1. The van der Waals surface area contributed by atoms with Crippen LogP contribution in [0, 0.1) is 11.3 Å². The molecule has 2 unspecified atom stereocenters. The van der Waals surface area contributed by atoms with Crippen molar-refractivity contribution >= 4 is 11.7 Å². The Balaban J connectivity index is 2.61. The van der Waals surface area contributed by atoms with Gasteiger partial charge >= 0.3 is 6.03 Å². The van der Waals surface area contributed by atoms with Gasteiger partial charge < -0.3 is 20.5 Å². The number of ether oxygens (including phenoxy) is 1. The van der Waals surface area contributed by atoms with Crippen LogP contribution in [-0.2, 0) is 4.74 Å². The molecule has 0 radical (unpaired) electrons. The second kappa shape index (κ2) is 8.31. The molecular formula is C18H30N2O3. The summed E-state index contributed by atoms with van der Waals surface area (Å²) < 4.78 is 5.28. The third-order valence-corrected chi connectivity index (χ3v) is 4.10. The predicted molar refractivity (Wildman–Crippen MR) is 93.5 cm³/mol. The molecule has 0 spiro atoms. The van der Waals surface area contributed by atoms with E-state index in [0.717, 1.165) is 5.56 Å². The highest BCUT2D eigenvalue weighted by Gasteiger charge is 2.30. The third-order valence-electron chi connectivity index (χ3n) is 4.10. The number of carbonyl (C=O) groups excluding carboxylic acids is 1. The lowest BCUT2D eigenvalue weighted by Gasteiger charge is -2.33. The monoisotopic (exact) mass is 322 g/mol. The van der Waals surface area contributed by atoms with Crippen LogP contribution in [0.2, 0.25) is 0 Å². The van der Waals surface area contributed by atoms with Gasteiger partial charge in [0.1, 0.15) is 0 Å². The number of nitrogens with one attached hydrogen (secondary N) is 2. The number of rotatable bonds is 7. The van der Waals surface area contributed by atoms with Crippen LogP contribution in [0.3, 0.4) is 0 Å². The van der Waals surface area contributed by atoms with E-state index >= 15 is 0 Å². The second-order valence-corrected chi connectivity index (χ2v) is 6.99. The molecule has 0 aliphatic rings. The molecule has 1 aromatic rings. The van der Waals surface area contributed by atoms with E-state index in [1.165, 1.54) is 0 Å². The number of carbonyl (C=O) groups is 1. The van der Waals surface area contributed by atoms with Gasteiger partial charge in [0, 0.05) is 24.8 Å². The molecule has 0 bridgehead atoms. The lowest BCUT2D eigenvalue weighted by atomic mass is 9.81. The molecule has 0 aromatic heterocycles. The Bertz CT molecular complexity index is 515. The van der Waals surface area contributed by atoms with Crippen molar-refractivity contribution < 1.29 is 14.6 Å². The Hall–Kier alpha value is -1.59. The van der Waals surface area contributed by atoms with Crippen LogP contribution in [-0.4, -0.2) is 30.9 Å². The second-order valence-electron chi connectivity index (χ2n) is 6.99. The van der Waals surface area contributed by atoms with E-state index in [4.69, 9.17) is 4.74 Å². The number of anilines is 1. The van der Waals surface area contributed by atoms with Gasteiger partial charge in [-0.1, -0.05) is 39.8 Å². The molecule has 3 N–H and O–H groups in total. The molecule has 23 heavy (non-hydrogen) atoms. The molecule has 1 aromatic carbocycles. The molecule has 2 atom stereocenters. The molecule has 0 fully saturated rings. The standard InChI is InChI=1S/C18H30N2O3/c1-12(2)16(21)18(4,5)11-19-17(22)20-15-9-7-8-14(10-15)13(3)23-6/h7-10,12-13,16,21H,11H2,1-6H3,(H2,19,20,22). The van der Waals surface area contributed by atoms with E-state index < -0.39 is 11.5 Å². The zero-order valence-electron chi connectivity index (χ0n) is 15.0. The van der Waals surface area contributed by atoms with Crippen LogP contribution < -0.4 is 10.6 Å². The molecule has 2 amide bonds. The minimum Gasteiger partial charge on any atom is -0.392 e. The Morgan fingerprint density at radius 2 is 1.96 bits per heavy atom. The van der Waals surface area contributed by atoms with Gasteiger partial charge in [-0.05, 0) is 30.5 Å². The van der Waals surface area contributed by atoms with Crippen molar-refractivity contribution in [3.8, 4) is 0 Å². The Labute approximate surface area is 139 Å². The summed E-state index contributed by atoms with van der Waals surface area (Å²) in [6.07, 6.45) is -0.506. The van der Waals surface area contributed by atoms with Crippen molar-refractivity contribution in [2.24, 2.45) is 11.3 Å². The Kier molecular flexibility index (Phi) is 7.03. The summed E-state index contributed by atoms with van der Waals surface area (Å²) in [5.74, 6) is 0.141. The molecule has 5 heteroatoms. The molecular weight excluding hydrogens is 292 g/mol. The summed E-state index contributed by atoms with van der Waals surface area (Å²) in [6.45, 7) is 10.2. The molecule has 0 saturated carbocycles.